The molecule has 1 aliphatic rings. The summed E-state index contributed by atoms with van der Waals surface area (Å²) in [5.74, 6) is 0.803. The Morgan fingerprint density at radius 2 is 2.12 bits per heavy atom. The molecule has 5 heteroatoms. The van der Waals surface area contributed by atoms with Gasteiger partial charge in [0.05, 0.1) is 19.8 Å². The van der Waals surface area contributed by atoms with Gasteiger partial charge in [0.1, 0.15) is 0 Å². The van der Waals surface area contributed by atoms with Crippen molar-refractivity contribution < 1.29 is 9.47 Å². The van der Waals surface area contributed by atoms with E-state index in [9.17, 15) is 0 Å². The summed E-state index contributed by atoms with van der Waals surface area (Å²) in [4.78, 5) is 2.50. The summed E-state index contributed by atoms with van der Waals surface area (Å²) in [6, 6.07) is 0. The standard InChI is InChI=1S/C12H26N2O2.ClH/c1-15-9-10-16-8-7-14-6-2-3-12(11-14)4-5-13;/h12H,2-11,13H2,1H3;1H. The van der Waals surface area contributed by atoms with Crippen molar-refractivity contribution in [1.29, 1.82) is 0 Å². The number of ether oxygens (including phenoxy) is 2. The number of methoxy groups -OCH3 is 1. The van der Waals surface area contributed by atoms with Crippen molar-refractivity contribution in [1.82, 2.24) is 4.90 Å². The van der Waals surface area contributed by atoms with Crippen LogP contribution in [-0.2, 0) is 9.47 Å². The molecule has 4 nitrogen and oxygen atoms in total. The summed E-state index contributed by atoms with van der Waals surface area (Å²) in [5, 5.41) is 0. The van der Waals surface area contributed by atoms with E-state index in [2.05, 4.69) is 4.90 Å². The second kappa shape index (κ2) is 11.2. The molecule has 104 valence electrons. The van der Waals surface area contributed by atoms with Gasteiger partial charge in [0, 0.05) is 20.2 Å². The number of nitrogens with two attached hydrogens (primary N) is 1. The summed E-state index contributed by atoms with van der Waals surface area (Å²) in [5.41, 5.74) is 5.60. The predicted molar refractivity (Wildman–Crippen MR) is 72.8 cm³/mol. The van der Waals surface area contributed by atoms with Crippen LogP contribution in [0.5, 0.6) is 0 Å². The van der Waals surface area contributed by atoms with Gasteiger partial charge in [0.2, 0.25) is 0 Å². The summed E-state index contributed by atoms with van der Waals surface area (Å²) in [6.45, 7) is 6.50. The molecule has 17 heavy (non-hydrogen) atoms. The van der Waals surface area contributed by atoms with Gasteiger partial charge in [0.15, 0.2) is 0 Å². The maximum absolute atomic E-state index is 5.60. The highest BCUT2D eigenvalue weighted by Gasteiger charge is 2.18. The lowest BCUT2D eigenvalue weighted by Crippen LogP contribution is -2.38. The first-order chi connectivity index (χ1) is 7.86. The van der Waals surface area contributed by atoms with Crippen LogP contribution < -0.4 is 5.73 Å². The number of hydrogen-bond acceptors (Lipinski definition) is 4. The van der Waals surface area contributed by atoms with Crippen LogP contribution in [0, 0.1) is 5.92 Å². The number of halogens is 1. The zero-order valence-electron chi connectivity index (χ0n) is 10.9. The van der Waals surface area contributed by atoms with E-state index in [0.717, 1.165) is 25.6 Å². The average Bonchev–Trinajstić information content (AvgIpc) is 2.30. The highest BCUT2D eigenvalue weighted by molar-refractivity contribution is 5.85. The van der Waals surface area contributed by atoms with Gasteiger partial charge in [-0.15, -0.1) is 12.4 Å². The minimum Gasteiger partial charge on any atom is -0.382 e. The van der Waals surface area contributed by atoms with Crippen molar-refractivity contribution in [2.24, 2.45) is 11.7 Å². The van der Waals surface area contributed by atoms with E-state index in [1.165, 1.54) is 32.4 Å². The number of piperidine rings is 1. The molecule has 0 aliphatic carbocycles. The molecule has 1 unspecified atom stereocenters. The number of nitrogens with zero attached hydrogens (tertiary/aromatic N) is 1. The van der Waals surface area contributed by atoms with Crippen molar-refractivity contribution in [3.63, 3.8) is 0 Å². The van der Waals surface area contributed by atoms with Gasteiger partial charge < -0.3 is 20.1 Å². The van der Waals surface area contributed by atoms with Crippen molar-refractivity contribution in [2.75, 3.05) is 53.1 Å². The quantitative estimate of drug-likeness (QED) is 0.669. The van der Waals surface area contributed by atoms with Crippen LogP contribution in [0.3, 0.4) is 0 Å². The summed E-state index contributed by atoms with van der Waals surface area (Å²) < 4.78 is 10.4. The third kappa shape index (κ3) is 7.95. The van der Waals surface area contributed by atoms with E-state index in [1.54, 1.807) is 7.11 Å². The lowest BCUT2D eigenvalue weighted by Gasteiger charge is -2.32. The largest absolute Gasteiger partial charge is 0.382 e. The van der Waals surface area contributed by atoms with E-state index < -0.39 is 0 Å². The van der Waals surface area contributed by atoms with Crippen LogP contribution in [0.15, 0.2) is 0 Å². The van der Waals surface area contributed by atoms with Gasteiger partial charge in [-0.05, 0) is 38.3 Å². The summed E-state index contributed by atoms with van der Waals surface area (Å²) in [6.07, 6.45) is 3.82. The van der Waals surface area contributed by atoms with Crippen LogP contribution in [0.4, 0.5) is 0 Å². The zero-order valence-corrected chi connectivity index (χ0v) is 11.7. The zero-order chi connectivity index (χ0) is 11.6. The van der Waals surface area contributed by atoms with Crippen molar-refractivity contribution in [3.8, 4) is 0 Å². The lowest BCUT2D eigenvalue weighted by molar-refractivity contribution is 0.0490. The Morgan fingerprint density at radius 1 is 1.29 bits per heavy atom. The van der Waals surface area contributed by atoms with Gasteiger partial charge in [-0.3, -0.25) is 0 Å². The fraction of sp³-hybridized carbons (Fsp3) is 1.00. The SMILES string of the molecule is COCCOCCN1CCCC(CCN)C1.Cl. The molecule has 0 aromatic heterocycles. The van der Waals surface area contributed by atoms with Crippen LogP contribution in [0.25, 0.3) is 0 Å². The van der Waals surface area contributed by atoms with Crippen LogP contribution in [0.2, 0.25) is 0 Å². The average molecular weight is 267 g/mol. The van der Waals surface area contributed by atoms with Crippen molar-refractivity contribution >= 4 is 12.4 Å². The molecule has 1 rings (SSSR count). The monoisotopic (exact) mass is 266 g/mol. The smallest absolute Gasteiger partial charge is 0.0700 e. The minimum atomic E-state index is 0. The Balaban J connectivity index is 0.00000256. The Bertz CT molecular complexity index is 171. The van der Waals surface area contributed by atoms with Crippen molar-refractivity contribution in [2.45, 2.75) is 19.3 Å². The Labute approximate surface area is 111 Å². The third-order valence-corrected chi connectivity index (χ3v) is 3.16. The van der Waals surface area contributed by atoms with Crippen LogP contribution in [-0.4, -0.2) is 58.0 Å². The second-order valence-corrected chi connectivity index (χ2v) is 4.49. The molecule has 1 heterocycles. The number of likely N-dealkylation sites (tertiary alicyclic amines) is 1. The molecule has 1 saturated heterocycles. The van der Waals surface area contributed by atoms with E-state index in [0.29, 0.717) is 13.2 Å². The molecule has 1 atom stereocenters. The summed E-state index contributed by atoms with van der Waals surface area (Å²) >= 11 is 0. The van der Waals surface area contributed by atoms with Gasteiger partial charge in [-0.1, -0.05) is 0 Å². The molecule has 0 aromatic rings. The topological polar surface area (TPSA) is 47.7 Å². The minimum absolute atomic E-state index is 0. The normalized spacial score (nSPS) is 21.2. The molecule has 0 spiro atoms. The molecule has 1 aliphatic heterocycles. The van der Waals surface area contributed by atoms with Crippen LogP contribution in [0.1, 0.15) is 19.3 Å². The molecule has 2 N–H and O–H groups in total. The van der Waals surface area contributed by atoms with E-state index in [1.807, 2.05) is 0 Å². The number of hydrogen-bond donors (Lipinski definition) is 1. The second-order valence-electron chi connectivity index (χ2n) is 4.49. The molecule has 0 bridgehead atoms. The van der Waals surface area contributed by atoms with Gasteiger partial charge >= 0.3 is 0 Å². The first kappa shape index (κ1) is 17.1. The molecule has 0 radical (unpaired) electrons. The van der Waals surface area contributed by atoms with Crippen LogP contribution >= 0.6 is 12.4 Å². The highest BCUT2D eigenvalue weighted by atomic mass is 35.5. The van der Waals surface area contributed by atoms with E-state index in [-0.39, 0.29) is 12.4 Å². The van der Waals surface area contributed by atoms with Gasteiger partial charge in [-0.25, -0.2) is 0 Å². The molecule has 0 aromatic carbocycles. The molecular formula is C12H27ClN2O2. The first-order valence-corrected chi connectivity index (χ1v) is 6.36. The Kier molecular flexibility index (Phi) is 11.3. The number of rotatable bonds is 8. The molecule has 1 fully saturated rings. The summed E-state index contributed by atoms with van der Waals surface area (Å²) in [7, 11) is 1.70. The first-order valence-electron chi connectivity index (χ1n) is 6.36. The predicted octanol–water partition coefficient (Wildman–Crippen LogP) is 1.13. The third-order valence-electron chi connectivity index (χ3n) is 3.16. The fourth-order valence-corrected chi connectivity index (χ4v) is 2.26. The maximum atomic E-state index is 5.60. The highest BCUT2D eigenvalue weighted by Crippen LogP contribution is 2.18. The molecular weight excluding hydrogens is 240 g/mol. The van der Waals surface area contributed by atoms with Gasteiger partial charge in [0.25, 0.3) is 0 Å². The Hall–Kier alpha value is 0.130. The van der Waals surface area contributed by atoms with E-state index >= 15 is 0 Å². The van der Waals surface area contributed by atoms with Crippen molar-refractivity contribution in [3.05, 3.63) is 0 Å². The molecule has 0 saturated carbocycles. The lowest BCUT2D eigenvalue weighted by atomic mass is 9.95. The fourth-order valence-electron chi connectivity index (χ4n) is 2.26. The van der Waals surface area contributed by atoms with E-state index in [4.69, 9.17) is 15.2 Å². The maximum Gasteiger partial charge on any atom is 0.0700 e. The Morgan fingerprint density at radius 3 is 2.82 bits per heavy atom. The molecule has 0 amide bonds. The van der Waals surface area contributed by atoms with Gasteiger partial charge in [-0.2, -0.15) is 0 Å².